The van der Waals surface area contributed by atoms with E-state index in [0.717, 1.165) is 18.2 Å². The maximum Gasteiger partial charge on any atom is 0.435 e. The van der Waals surface area contributed by atoms with Crippen molar-refractivity contribution in [3.8, 4) is 0 Å². The number of likely N-dealkylation sites (tertiary alicyclic amines) is 1. The van der Waals surface area contributed by atoms with Gasteiger partial charge in [0.1, 0.15) is 5.76 Å². The van der Waals surface area contributed by atoms with Crippen LogP contribution in [0.25, 0.3) is 0 Å². The molecule has 130 valence electrons. The number of hydrogen-bond acceptors (Lipinski definition) is 3. The molecule has 2 aromatic heterocycles. The third kappa shape index (κ3) is 3.32. The number of amides is 1. The van der Waals surface area contributed by atoms with Crippen molar-refractivity contribution in [3.05, 3.63) is 41.1 Å². The summed E-state index contributed by atoms with van der Waals surface area (Å²) in [6, 6.07) is 4.43. The van der Waals surface area contributed by atoms with Crippen LogP contribution < -0.4 is 0 Å². The maximum absolute atomic E-state index is 12.7. The Labute approximate surface area is 136 Å². The third-order valence-corrected chi connectivity index (χ3v) is 4.26. The molecule has 5 nitrogen and oxygen atoms in total. The lowest BCUT2D eigenvalue weighted by Gasteiger charge is -2.31. The van der Waals surface area contributed by atoms with Crippen molar-refractivity contribution >= 4 is 5.91 Å². The summed E-state index contributed by atoms with van der Waals surface area (Å²) < 4.78 is 43.5. The highest BCUT2D eigenvalue weighted by Gasteiger charge is 2.35. The number of nitrogens with zero attached hydrogens (tertiary/aromatic N) is 2. The van der Waals surface area contributed by atoms with E-state index in [1.807, 2.05) is 6.92 Å². The molecule has 1 unspecified atom stereocenters. The highest BCUT2D eigenvalue weighted by molar-refractivity contribution is 5.91. The van der Waals surface area contributed by atoms with Crippen molar-refractivity contribution in [1.82, 2.24) is 15.1 Å². The van der Waals surface area contributed by atoms with Crippen molar-refractivity contribution < 1.29 is 22.4 Å². The molecule has 1 N–H and O–H groups in total. The molecular formula is C16H18F3N3O2. The fourth-order valence-corrected chi connectivity index (χ4v) is 2.95. The molecule has 3 rings (SSSR count). The van der Waals surface area contributed by atoms with E-state index in [-0.39, 0.29) is 17.6 Å². The molecule has 24 heavy (non-hydrogen) atoms. The Kier molecular flexibility index (Phi) is 4.38. The van der Waals surface area contributed by atoms with E-state index in [9.17, 15) is 18.0 Å². The van der Waals surface area contributed by atoms with Crippen LogP contribution in [0.5, 0.6) is 0 Å². The van der Waals surface area contributed by atoms with E-state index >= 15 is 0 Å². The normalized spacial score (nSPS) is 18.8. The monoisotopic (exact) mass is 341 g/mol. The van der Waals surface area contributed by atoms with Gasteiger partial charge < -0.3 is 9.32 Å². The number of aromatic nitrogens is 2. The van der Waals surface area contributed by atoms with E-state index in [0.29, 0.717) is 31.6 Å². The number of carbonyl (C=O) groups excluding carboxylic acids is 1. The van der Waals surface area contributed by atoms with Crippen LogP contribution in [0.15, 0.2) is 22.6 Å². The van der Waals surface area contributed by atoms with Crippen molar-refractivity contribution in [2.45, 2.75) is 38.3 Å². The smallest absolute Gasteiger partial charge is 0.435 e. The average molecular weight is 341 g/mol. The van der Waals surface area contributed by atoms with Crippen LogP contribution in [0.3, 0.4) is 0 Å². The zero-order valence-corrected chi connectivity index (χ0v) is 13.2. The number of furan rings is 1. The second kappa shape index (κ2) is 6.33. The average Bonchev–Trinajstić information content (AvgIpc) is 3.23. The molecule has 1 aliphatic rings. The molecule has 3 heterocycles. The summed E-state index contributed by atoms with van der Waals surface area (Å²) in [5.74, 6) is 0.588. The molecule has 0 bridgehead atoms. The van der Waals surface area contributed by atoms with E-state index < -0.39 is 11.9 Å². The number of hydrogen-bond donors (Lipinski definition) is 1. The van der Waals surface area contributed by atoms with Crippen molar-refractivity contribution in [2.24, 2.45) is 0 Å². The fourth-order valence-electron chi connectivity index (χ4n) is 2.95. The maximum atomic E-state index is 12.7. The second-order valence-electron chi connectivity index (χ2n) is 5.92. The lowest BCUT2D eigenvalue weighted by atomic mass is 9.94. The first-order valence-electron chi connectivity index (χ1n) is 7.89. The van der Waals surface area contributed by atoms with Gasteiger partial charge in [-0.25, -0.2) is 0 Å². The van der Waals surface area contributed by atoms with Crippen LogP contribution in [0.4, 0.5) is 13.2 Å². The Morgan fingerprint density at radius 2 is 2.25 bits per heavy atom. The number of rotatable bonds is 3. The van der Waals surface area contributed by atoms with Gasteiger partial charge in [0.15, 0.2) is 11.5 Å². The number of halogens is 3. The van der Waals surface area contributed by atoms with Crippen LogP contribution in [-0.4, -0.2) is 34.1 Å². The molecule has 1 fully saturated rings. The minimum absolute atomic E-state index is 0.188. The number of aromatic amines is 1. The first-order chi connectivity index (χ1) is 11.4. The van der Waals surface area contributed by atoms with Gasteiger partial charge in [-0.1, -0.05) is 6.92 Å². The number of aryl methyl sites for hydroxylation is 1. The fraction of sp³-hybridized carbons (Fsp3) is 0.500. The van der Waals surface area contributed by atoms with Crippen LogP contribution >= 0.6 is 0 Å². The lowest BCUT2D eigenvalue weighted by Crippen LogP contribution is -2.39. The molecule has 0 saturated carbocycles. The number of nitrogens with one attached hydrogen (secondary N) is 1. The summed E-state index contributed by atoms with van der Waals surface area (Å²) in [5.41, 5.74) is -0.520. The molecule has 2 aromatic rings. The molecule has 1 aliphatic heterocycles. The van der Waals surface area contributed by atoms with Crippen LogP contribution in [-0.2, 0) is 12.6 Å². The Morgan fingerprint density at radius 3 is 2.88 bits per heavy atom. The first-order valence-corrected chi connectivity index (χ1v) is 7.89. The molecule has 0 spiro atoms. The van der Waals surface area contributed by atoms with Gasteiger partial charge in [-0.05, 0) is 31.0 Å². The molecule has 0 aliphatic carbocycles. The van der Waals surface area contributed by atoms with Gasteiger partial charge in [-0.15, -0.1) is 0 Å². The van der Waals surface area contributed by atoms with Crippen molar-refractivity contribution in [1.29, 1.82) is 0 Å². The van der Waals surface area contributed by atoms with Gasteiger partial charge in [0.25, 0.3) is 5.91 Å². The lowest BCUT2D eigenvalue weighted by molar-refractivity contribution is -0.141. The summed E-state index contributed by atoms with van der Waals surface area (Å²) >= 11 is 0. The molecule has 1 amide bonds. The highest BCUT2D eigenvalue weighted by Crippen LogP contribution is 2.32. The molecule has 1 atom stereocenters. The standard InChI is InChI=1S/C16H18F3N3O2/c1-2-11-5-6-13(24-11)15(23)22-7-3-4-10(9-22)12-8-14(21-20-12)16(17,18)19/h5-6,8,10H,2-4,7,9H2,1H3,(H,20,21). The number of piperidine rings is 1. The summed E-state index contributed by atoms with van der Waals surface area (Å²) in [5, 5.41) is 5.80. The Hall–Kier alpha value is -2.25. The Morgan fingerprint density at radius 1 is 1.46 bits per heavy atom. The molecular weight excluding hydrogens is 323 g/mol. The summed E-state index contributed by atoms with van der Waals surface area (Å²) in [4.78, 5) is 14.1. The van der Waals surface area contributed by atoms with Crippen LogP contribution in [0.2, 0.25) is 0 Å². The molecule has 1 saturated heterocycles. The summed E-state index contributed by atoms with van der Waals surface area (Å²) in [6.07, 6.45) is -2.34. The largest absolute Gasteiger partial charge is 0.456 e. The van der Waals surface area contributed by atoms with Gasteiger partial charge in [0.05, 0.1) is 0 Å². The van der Waals surface area contributed by atoms with Crippen molar-refractivity contribution in [3.63, 3.8) is 0 Å². The Bertz CT molecular complexity index is 720. The van der Waals surface area contributed by atoms with E-state index in [4.69, 9.17) is 4.42 Å². The van der Waals surface area contributed by atoms with Gasteiger partial charge in [0, 0.05) is 31.1 Å². The van der Waals surface area contributed by atoms with Gasteiger partial charge in [-0.3, -0.25) is 9.89 Å². The van der Waals surface area contributed by atoms with Crippen LogP contribution in [0, 0.1) is 0 Å². The van der Waals surface area contributed by atoms with Gasteiger partial charge in [0.2, 0.25) is 0 Å². The van der Waals surface area contributed by atoms with Crippen LogP contribution in [0.1, 0.15) is 53.4 Å². The van der Waals surface area contributed by atoms with E-state index in [1.54, 1.807) is 17.0 Å². The minimum atomic E-state index is -4.47. The molecule has 0 aromatic carbocycles. The number of H-pyrrole nitrogens is 1. The second-order valence-corrected chi connectivity index (χ2v) is 5.92. The summed E-state index contributed by atoms with van der Waals surface area (Å²) in [7, 11) is 0. The van der Waals surface area contributed by atoms with E-state index in [1.165, 1.54) is 0 Å². The molecule has 0 radical (unpaired) electrons. The number of alkyl halides is 3. The third-order valence-electron chi connectivity index (χ3n) is 4.26. The SMILES string of the molecule is CCc1ccc(C(=O)N2CCCC(c3cc(C(F)(F)F)n[nH]3)C2)o1. The summed E-state index contributed by atoms with van der Waals surface area (Å²) in [6.45, 7) is 2.85. The minimum Gasteiger partial charge on any atom is -0.456 e. The quantitative estimate of drug-likeness (QED) is 0.928. The van der Waals surface area contributed by atoms with Crippen molar-refractivity contribution in [2.75, 3.05) is 13.1 Å². The molecule has 8 heteroatoms. The first kappa shape index (κ1) is 16.6. The van der Waals surface area contributed by atoms with E-state index in [2.05, 4.69) is 10.2 Å². The predicted molar refractivity (Wildman–Crippen MR) is 79.6 cm³/mol. The predicted octanol–water partition coefficient (Wildman–Crippen LogP) is 3.60. The van der Waals surface area contributed by atoms with Gasteiger partial charge in [-0.2, -0.15) is 18.3 Å². The highest BCUT2D eigenvalue weighted by atomic mass is 19.4. The topological polar surface area (TPSA) is 62.1 Å². The Balaban J connectivity index is 1.72. The zero-order chi connectivity index (χ0) is 17.3. The van der Waals surface area contributed by atoms with Gasteiger partial charge >= 0.3 is 6.18 Å². The number of carbonyl (C=O) groups is 1. The zero-order valence-electron chi connectivity index (χ0n) is 13.2.